The van der Waals surface area contributed by atoms with E-state index >= 15 is 0 Å². The lowest BCUT2D eigenvalue weighted by Crippen LogP contribution is -2.58. The predicted octanol–water partition coefficient (Wildman–Crippen LogP) is 3.88. The summed E-state index contributed by atoms with van der Waals surface area (Å²) >= 11 is 0. The van der Waals surface area contributed by atoms with E-state index in [1.165, 1.54) is 40.1 Å². The first-order valence-electron chi connectivity index (χ1n) is 15.2. The Labute approximate surface area is 271 Å². The van der Waals surface area contributed by atoms with Crippen molar-refractivity contribution in [1.29, 1.82) is 0 Å². The second-order valence-corrected chi connectivity index (χ2v) is 15.0. The number of hydrogen-bond donors (Lipinski definition) is 2. The molecule has 12 nitrogen and oxygen atoms in total. The van der Waals surface area contributed by atoms with Crippen molar-refractivity contribution in [2.24, 2.45) is 5.92 Å². The molecule has 252 valence electrons. The van der Waals surface area contributed by atoms with Crippen molar-refractivity contribution in [3.63, 3.8) is 0 Å². The second-order valence-electron chi connectivity index (χ2n) is 13.0. The summed E-state index contributed by atoms with van der Waals surface area (Å²) in [5, 5.41) is 5.56. The number of rotatable bonds is 10. The number of esters is 1. The van der Waals surface area contributed by atoms with Crippen molar-refractivity contribution in [3.8, 4) is 0 Å². The molecule has 1 heterocycles. The Morgan fingerprint density at radius 2 is 1.52 bits per heavy atom. The third-order valence-electron chi connectivity index (χ3n) is 7.99. The summed E-state index contributed by atoms with van der Waals surface area (Å²) in [7, 11) is -1.49. The molecule has 0 aromatic heterocycles. The van der Waals surface area contributed by atoms with Gasteiger partial charge in [0.05, 0.1) is 12.0 Å². The van der Waals surface area contributed by atoms with Gasteiger partial charge in [0.1, 0.15) is 17.2 Å². The van der Waals surface area contributed by atoms with Gasteiger partial charge in [0.25, 0.3) is 0 Å². The molecule has 2 aromatic rings. The zero-order chi connectivity index (χ0) is 34.4. The Hall–Kier alpha value is -3.97. The van der Waals surface area contributed by atoms with Gasteiger partial charge >= 0.3 is 12.1 Å². The van der Waals surface area contributed by atoms with Gasteiger partial charge in [-0.1, -0.05) is 29.8 Å². The summed E-state index contributed by atoms with van der Waals surface area (Å²) < 4.78 is 37.8. The summed E-state index contributed by atoms with van der Waals surface area (Å²) in [4.78, 5) is 52.9. The van der Waals surface area contributed by atoms with E-state index in [0.717, 1.165) is 9.87 Å². The van der Waals surface area contributed by atoms with E-state index < -0.39 is 39.1 Å². The molecule has 13 heteroatoms. The Balaban J connectivity index is 1.61. The molecule has 0 unspecified atom stereocenters. The third kappa shape index (κ3) is 9.29. The highest BCUT2D eigenvalue weighted by Crippen LogP contribution is 2.25. The number of likely N-dealkylation sites (tertiary alicyclic amines) is 1. The highest BCUT2D eigenvalue weighted by molar-refractivity contribution is 7.89. The van der Waals surface area contributed by atoms with Crippen LogP contribution < -0.4 is 10.6 Å². The Morgan fingerprint density at radius 1 is 0.957 bits per heavy atom. The first-order chi connectivity index (χ1) is 21.3. The van der Waals surface area contributed by atoms with Crippen LogP contribution in [0.3, 0.4) is 0 Å². The lowest BCUT2D eigenvalue weighted by Gasteiger charge is -2.34. The average molecular weight is 659 g/mol. The number of nitrogens with zero attached hydrogens (tertiary/aromatic N) is 2. The number of ether oxygens (including phenoxy) is 2. The number of piperidine rings is 1. The first kappa shape index (κ1) is 36.5. The van der Waals surface area contributed by atoms with Crippen molar-refractivity contribution in [3.05, 3.63) is 59.7 Å². The topological polar surface area (TPSA) is 151 Å². The number of hydrogen-bond acceptors (Lipinski definition) is 8. The average Bonchev–Trinajstić information content (AvgIpc) is 3.00. The van der Waals surface area contributed by atoms with Gasteiger partial charge in [-0.05, 0) is 84.2 Å². The maximum absolute atomic E-state index is 13.4. The second kappa shape index (κ2) is 14.6. The lowest BCUT2D eigenvalue weighted by molar-refractivity contribution is -0.146. The molecule has 0 radical (unpaired) electrons. The Morgan fingerprint density at radius 3 is 2.04 bits per heavy atom. The van der Waals surface area contributed by atoms with E-state index in [2.05, 4.69) is 10.6 Å². The molecule has 1 aliphatic heterocycles. The fourth-order valence-corrected chi connectivity index (χ4v) is 6.32. The van der Waals surface area contributed by atoms with Gasteiger partial charge in [-0.2, -0.15) is 4.31 Å². The van der Waals surface area contributed by atoms with Crippen molar-refractivity contribution >= 4 is 39.6 Å². The van der Waals surface area contributed by atoms with Crippen molar-refractivity contribution in [2.45, 2.75) is 82.9 Å². The number of methoxy groups -OCH3 is 1. The fraction of sp³-hybridized carbons (Fsp3) is 0.515. The molecule has 46 heavy (non-hydrogen) atoms. The highest BCUT2D eigenvalue weighted by Gasteiger charge is 2.41. The molecule has 3 amide bonds. The largest absolute Gasteiger partial charge is 0.467 e. The number of likely N-dealkylation sites (N-methyl/N-ethyl adjacent to an activating group) is 1. The number of aryl methyl sites for hydroxylation is 1. The third-order valence-corrected chi connectivity index (χ3v) is 10.0. The first-order valence-corrected chi connectivity index (χ1v) is 16.6. The van der Waals surface area contributed by atoms with Crippen LogP contribution in [-0.2, 0) is 40.3 Å². The van der Waals surface area contributed by atoms with E-state index in [0.29, 0.717) is 37.2 Å². The quantitative estimate of drug-likeness (QED) is 0.365. The minimum absolute atomic E-state index is 0.0458. The molecule has 0 aliphatic carbocycles. The number of nitrogens with one attached hydrogen (secondary N) is 2. The number of carbonyl (C=O) groups excluding carboxylic acids is 4. The van der Waals surface area contributed by atoms with Gasteiger partial charge < -0.3 is 25.0 Å². The molecule has 0 bridgehead atoms. The van der Waals surface area contributed by atoms with Crippen LogP contribution in [0.1, 0.15) is 58.6 Å². The summed E-state index contributed by atoms with van der Waals surface area (Å²) in [5.41, 5.74) is 0.00194. The van der Waals surface area contributed by atoms with E-state index in [9.17, 15) is 27.6 Å². The molecule has 0 saturated carbocycles. The van der Waals surface area contributed by atoms with Crippen LogP contribution in [0.5, 0.6) is 0 Å². The van der Waals surface area contributed by atoms with E-state index in [-0.39, 0.29) is 29.2 Å². The number of anilines is 1. The molecule has 2 aromatic carbocycles. The van der Waals surface area contributed by atoms with Gasteiger partial charge in [0.15, 0.2) is 0 Å². The van der Waals surface area contributed by atoms with Crippen LogP contribution in [0.25, 0.3) is 0 Å². The zero-order valence-electron chi connectivity index (χ0n) is 27.9. The summed E-state index contributed by atoms with van der Waals surface area (Å²) in [6, 6.07) is 12.1. The maximum atomic E-state index is 13.4. The fourth-order valence-electron chi connectivity index (χ4n) is 4.84. The smallest absolute Gasteiger partial charge is 0.410 e. The molecule has 1 saturated heterocycles. The summed E-state index contributed by atoms with van der Waals surface area (Å²) in [5.74, 6) is -1.78. The molecular formula is C33H46N4O8S. The molecule has 1 aliphatic rings. The minimum Gasteiger partial charge on any atom is -0.467 e. The van der Waals surface area contributed by atoms with Gasteiger partial charge in [-0.3, -0.25) is 9.59 Å². The van der Waals surface area contributed by atoms with Gasteiger partial charge in [-0.25, -0.2) is 18.0 Å². The highest BCUT2D eigenvalue weighted by atomic mass is 32.2. The SMILES string of the molecule is COC(=O)[C@H](Cc1ccc(NC(=O)C2CCN(C(=O)OC(C)(C)C)CC2)cc1)NC(=O)C(C)(C)N(C)S(=O)(=O)c1ccc(C)cc1. The molecule has 2 N–H and O–H groups in total. The van der Waals surface area contributed by atoms with Crippen LogP contribution in [0.4, 0.5) is 10.5 Å². The van der Waals surface area contributed by atoms with Crippen LogP contribution in [0, 0.1) is 12.8 Å². The Kier molecular flexibility index (Phi) is 11.6. The van der Waals surface area contributed by atoms with Gasteiger partial charge in [-0.15, -0.1) is 0 Å². The molecule has 1 fully saturated rings. The van der Waals surface area contributed by atoms with Gasteiger partial charge in [0, 0.05) is 38.2 Å². The number of sulfonamides is 1. The number of amides is 3. The van der Waals surface area contributed by atoms with Crippen molar-refractivity contribution < 1.29 is 37.1 Å². The van der Waals surface area contributed by atoms with E-state index in [4.69, 9.17) is 9.47 Å². The zero-order valence-corrected chi connectivity index (χ0v) is 28.7. The van der Waals surface area contributed by atoms with Gasteiger partial charge in [0.2, 0.25) is 21.8 Å². The van der Waals surface area contributed by atoms with Crippen molar-refractivity contribution in [2.75, 3.05) is 32.6 Å². The molecule has 0 spiro atoms. The summed E-state index contributed by atoms with van der Waals surface area (Å²) in [6.07, 6.45) is 0.717. The minimum atomic E-state index is -4.02. The standard InChI is InChI=1S/C33H46N4O8S/c1-22-9-15-26(16-10-22)46(42,43)36(7)33(5,6)30(40)35-27(29(39)44-8)21-23-11-13-25(14-12-23)34-28(38)24-17-19-37(20-18-24)31(41)45-32(2,3)4/h9-16,24,27H,17-21H2,1-8H3,(H,34,38)(H,35,40)/t27-/m0/s1. The van der Waals surface area contributed by atoms with Crippen LogP contribution in [0.2, 0.25) is 0 Å². The monoisotopic (exact) mass is 658 g/mol. The van der Waals surface area contributed by atoms with Crippen LogP contribution in [-0.4, -0.2) is 85.9 Å². The van der Waals surface area contributed by atoms with Crippen LogP contribution >= 0.6 is 0 Å². The number of benzene rings is 2. The normalized spacial score (nSPS) is 15.2. The lowest BCUT2D eigenvalue weighted by atomic mass is 9.96. The molecule has 3 rings (SSSR count). The molecular weight excluding hydrogens is 612 g/mol. The molecule has 1 atom stereocenters. The van der Waals surface area contributed by atoms with Crippen LogP contribution in [0.15, 0.2) is 53.4 Å². The summed E-state index contributed by atoms with van der Waals surface area (Å²) in [6.45, 7) is 11.0. The van der Waals surface area contributed by atoms with E-state index in [1.807, 2.05) is 27.7 Å². The maximum Gasteiger partial charge on any atom is 0.410 e. The Bertz CT molecular complexity index is 1510. The van der Waals surface area contributed by atoms with E-state index in [1.54, 1.807) is 41.3 Å². The number of carbonyl (C=O) groups is 4. The van der Waals surface area contributed by atoms with Crippen molar-refractivity contribution in [1.82, 2.24) is 14.5 Å². The predicted molar refractivity (Wildman–Crippen MR) is 173 cm³/mol.